The van der Waals surface area contributed by atoms with Crippen LogP contribution < -0.4 is 16.3 Å². The number of furan rings is 1. The van der Waals surface area contributed by atoms with Crippen LogP contribution in [0.3, 0.4) is 0 Å². The minimum atomic E-state index is -0.546. The summed E-state index contributed by atoms with van der Waals surface area (Å²) < 4.78 is 5.98. The molecule has 2 amide bonds. The van der Waals surface area contributed by atoms with Gasteiger partial charge in [-0.15, -0.1) is 0 Å². The maximum absolute atomic E-state index is 12.8. The van der Waals surface area contributed by atoms with Gasteiger partial charge in [-0.25, -0.2) is 0 Å². The Morgan fingerprint density at radius 1 is 0.970 bits per heavy atom. The second-order valence-electron chi connectivity index (χ2n) is 8.80. The van der Waals surface area contributed by atoms with E-state index in [-0.39, 0.29) is 16.7 Å². The summed E-state index contributed by atoms with van der Waals surface area (Å²) in [6.45, 7) is 6.09. The number of hydrazine groups is 1. The number of benzene rings is 2. The molecule has 0 radical (unpaired) electrons. The number of amides is 2. The van der Waals surface area contributed by atoms with Gasteiger partial charge in [0.1, 0.15) is 5.76 Å². The Morgan fingerprint density at radius 3 is 2.36 bits per heavy atom. The van der Waals surface area contributed by atoms with Crippen molar-refractivity contribution >= 4 is 34.8 Å². The van der Waals surface area contributed by atoms with E-state index in [0.717, 1.165) is 23.4 Å². The van der Waals surface area contributed by atoms with Gasteiger partial charge in [0.25, 0.3) is 5.91 Å². The lowest BCUT2D eigenvalue weighted by atomic mass is 9.75. The van der Waals surface area contributed by atoms with Crippen LogP contribution in [0.4, 0.5) is 5.69 Å². The van der Waals surface area contributed by atoms with Crippen molar-refractivity contribution in [3.63, 3.8) is 0 Å². The van der Waals surface area contributed by atoms with Gasteiger partial charge in [0.05, 0.1) is 22.0 Å². The van der Waals surface area contributed by atoms with Crippen LogP contribution in [0.2, 0.25) is 5.02 Å². The molecule has 0 spiro atoms. The van der Waals surface area contributed by atoms with Crippen molar-refractivity contribution in [2.75, 3.05) is 5.43 Å². The first-order chi connectivity index (χ1) is 15.7. The fourth-order valence-electron chi connectivity index (χ4n) is 3.95. The number of nitrogens with zero attached hydrogens (tertiary/aromatic N) is 1. The number of hydrogen-bond donors (Lipinski definition) is 3. The molecular formula is C25H25ClN4O3. The van der Waals surface area contributed by atoms with E-state index in [1.165, 1.54) is 0 Å². The molecule has 1 aliphatic carbocycles. The van der Waals surface area contributed by atoms with Gasteiger partial charge in [0.2, 0.25) is 0 Å². The third-order valence-electron chi connectivity index (χ3n) is 5.50. The van der Waals surface area contributed by atoms with Crippen LogP contribution in [0.25, 0.3) is 0 Å². The molecule has 1 heterocycles. The zero-order valence-electron chi connectivity index (χ0n) is 18.7. The first kappa shape index (κ1) is 22.6. The Labute approximate surface area is 197 Å². The lowest BCUT2D eigenvalue weighted by Gasteiger charge is -2.29. The van der Waals surface area contributed by atoms with Crippen LogP contribution >= 0.6 is 11.6 Å². The molecule has 4 rings (SSSR count). The van der Waals surface area contributed by atoms with Crippen molar-refractivity contribution in [3.05, 3.63) is 87.8 Å². The molecule has 0 fully saturated rings. The molecule has 0 bridgehead atoms. The van der Waals surface area contributed by atoms with E-state index in [4.69, 9.17) is 16.0 Å². The molecule has 0 unspecified atom stereocenters. The number of rotatable bonds is 4. The zero-order valence-corrected chi connectivity index (χ0v) is 19.4. The molecule has 33 heavy (non-hydrogen) atoms. The van der Waals surface area contributed by atoms with Crippen LogP contribution in [0.5, 0.6) is 0 Å². The highest BCUT2D eigenvalue weighted by molar-refractivity contribution is 6.33. The quantitative estimate of drug-likeness (QED) is 0.468. The van der Waals surface area contributed by atoms with E-state index < -0.39 is 11.8 Å². The predicted molar refractivity (Wildman–Crippen MR) is 129 cm³/mol. The molecule has 0 atom stereocenters. The van der Waals surface area contributed by atoms with Crippen molar-refractivity contribution in [3.8, 4) is 0 Å². The summed E-state index contributed by atoms with van der Waals surface area (Å²) in [5.74, 6) is -0.210. The first-order valence-corrected chi connectivity index (χ1v) is 11.0. The number of anilines is 1. The third kappa shape index (κ3) is 4.93. The van der Waals surface area contributed by atoms with E-state index in [2.05, 4.69) is 35.2 Å². The number of hydrazone groups is 1. The molecule has 1 aromatic heterocycles. The summed E-state index contributed by atoms with van der Waals surface area (Å²) in [7, 11) is 0. The lowest BCUT2D eigenvalue weighted by molar-refractivity contribution is 0.0828. The van der Waals surface area contributed by atoms with Crippen LogP contribution in [0.1, 0.15) is 58.1 Å². The predicted octanol–water partition coefficient (Wildman–Crippen LogP) is 5.10. The fourth-order valence-corrected chi connectivity index (χ4v) is 4.18. The Hall–Kier alpha value is -3.58. The molecular weight excluding hydrogens is 440 g/mol. The number of carbonyl (C=O) groups is 2. The number of fused-ring (bicyclic) bond motifs is 1. The van der Waals surface area contributed by atoms with Crippen LogP contribution in [0.15, 0.2) is 64.1 Å². The highest BCUT2D eigenvalue weighted by Crippen LogP contribution is 2.39. The number of carbonyl (C=O) groups excluding carboxylic acids is 2. The van der Waals surface area contributed by atoms with E-state index in [0.29, 0.717) is 22.8 Å². The Morgan fingerprint density at radius 2 is 1.64 bits per heavy atom. The number of hydrogen-bond acceptors (Lipinski definition) is 5. The Bertz CT molecular complexity index is 1230. The van der Waals surface area contributed by atoms with Gasteiger partial charge in [0, 0.05) is 17.5 Å². The Balaban J connectivity index is 1.56. The standard InChI is InChI=1S/C25H25ClN4O3/c1-15-21-19(28-27-16-9-5-4-6-10-16)13-25(2,3)14-20(21)33-22(15)24(32)30-29-23(31)17-11-7-8-12-18(17)26/h4-12,27H,13-14H2,1-3H3,(H,29,31)(H,30,32)/b28-19-. The third-order valence-corrected chi connectivity index (χ3v) is 5.83. The maximum Gasteiger partial charge on any atom is 0.305 e. The highest BCUT2D eigenvalue weighted by Gasteiger charge is 2.36. The summed E-state index contributed by atoms with van der Waals surface area (Å²) in [6, 6.07) is 16.3. The van der Waals surface area contributed by atoms with Crippen molar-refractivity contribution in [2.45, 2.75) is 33.6 Å². The first-order valence-electron chi connectivity index (χ1n) is 10.6. The van der Waals surface area contributed by atoms with Crippen LogP contribution in [0, 0.1) is 12.3 Å². The molecule has 0 saturated carbocycles. The number of para-hydroxylation sites is 1. The largest absolute Gasteiger partial charge is 0.455 e. The molecule has 0 saturated heterocycles. The molecule has 0 aliphatic heterocycles. The molecule has 1 aliphatic rings. The number of halogens is 1. The molecule has 7 nitrogen and oxygen atoms in total. The van der Waals surface area contributed by atoms with Crippen molar-refractivity contribution in [1.29, 1.82) is 0 Å². The average Bonchev–Trinajstić information content (AvgIpc) is 3.11. The van der Waals surface area contributed by atoms with Gasteiger partial charge in [-0.2, -0.15) is 5.10 Å². The summed E-state index contributed by atoms with van der Waals surface area (Å²) >= 11 is 6.05. The SMILES string of the molecule is Cc1c(C(=O)NNC(=O)c2ccccc2Cl)oc2c1/C(=N\Nc1ccccc1)CC(C)(C)C2. The molecule has 2 aromatic carbocycles. The summed E-state index contributed by atoms with van der Waals surface area (Å²) in [4.78, 5) is 25.2. The molecule has 170 valence electrons. The maximum atomic E-state index is 12.8. The topological polar surface area (TPSA) is 95.7 Å². The summed E-state index contributed by atoms with van der Waals surface area (Å²) in [5.41, 5.74) is 11.3. The smallest absolute Gasteiger partial charge is 0.305 e. The van der Waals surface area contributed by atoms with Crippen LogP contribution in [-0.2, 0) is 6.42 Å². The zero-order chi connectivity index (χ0) is 23.6. The Kier molecular flexibility index (Phi) is 6.24. The van der Waals surface area contributed by atoms with Gasteiger partial charge in [-0.1, -0.05) is 55.8 Å². The number of nitrogens with one attached hydrogen (secondary N) is 3. The monoisotopic (exact) mass is 464 g/mol. The lowest BCUT2D eigenvalue weighted by Crippen LogP contribution is -2.41. The van der Waals surface area contributed by atoms with Gasteiger partial charge in [-0.05, 0) is 43.0 Å². The van der Waals surface area contributed by atoms with Gasteiger partial charge < -0.3 is 4.42 Å². The molecule has 8 heteroatoms. The highest BCUT2D eigenvalue weighted by atomic mass is 35.5. The van der Waals surface area contributed by atoms with Crippen LogP contribution in [-0.4, -0.2) is 17.5 Å². The second kappa shape index (κ2) is 9.11. The van der Waals surface area contributed by atoms with Gasteiger partial charge >= 0.3 is 5.91 Å². The van der Waals surface area contributed by atoms with Crippen molar-refractivity contribution < 1.29 is 14.0 Å². The van der Waals surface area contributed by atoms with Gasteiger partial charge in [0.15, 0.2) is 5.76 Å². The average molecular weight is 465 g/mol. The molecule has 3 N–H and O–H groups in total. The fraction of sp³-hybridized carbons (Fsp3) is 0.240. The van der Waals surface area contributed by atoms with E-state index >= 15 is 0 Å². The van der Waals surface area contributed by atoms with E-state index in [1.54, 1.807) is 24.3 Å². The summed E-state index contributed by atoms with van der Waals surface area (Å²) in [5, 5.41) is 4.93. The minimum Gasteiger partial charge on any atom is -0.455 e. The normalized spacial score (nSPS) is 15.6. The van der Waals surface area contributed by atoms with Crippen molar-refractivity contribution in [1.82, 2.24) is 10.9 Å². The second-order valence-corrected chi connectivity index (χ2v) is 9.20. The minimum absolute atomic E-state index is 0.0828. The van der Waals surface area contributed by atoms with Crippen molar-refractivity contribution in [2.24, 2.45) is 10.5 Å². The van der Waals surface area contributed by atoms with Gasteiger partial charge in [-0.3, -0.25) is 25.9 Å². The van der Waals surface area contributed by atoms with E-state index in [9.17, 15) is 9.59 Å². The van der Waals surface area contributed by atoms with E-state index in [1.807, 2.05) is 37.3 Å². The summed E-state index contributed by atoms with van der Waals surface area (Å²) in [6.07, 6.45) is 1.40. The molecule has 3 aromatic rings.